The van der Waals surface area contributed by atoms with Crippen molar-refractivity contribution < 1.29 is 9.90 Å². The quantitative estimate of drug-likeness (QED) is 0.786. The Morgan fingerprint density at radius 3 is 2.62 bits per heavy atom. The van der Waals surface area contributed by atoms with Gasteiger partial charge in [0.15, 0.2) is 0 Å². The predicted molar refractivity (Wildman–Crippen MR) is 81.9 cm³/mol. The summed E-state index contributed by atoms with van der Waals surface area (Å²) < 4.78 is 0. The minimum absolute atomic E-state index is 0.0679. The van der Waals surface area contributed by atoms with Crippen LogP contribution in [0.3, 0.4) is 0 Å². The fourth-order valence-corrected chi connectivity index (χ4v) is 4.33. The first-order chi connectivity index (χ1) is 9.94. The maximum absolute atomic E-state index is 12.7. The maximum Gasteiger partial charge on any atom is 0.240 e. The van der Waals surface area contributed by atoms with Crippen LogP contribution in [-0.4, -0.2) is 71.7 Å². The number of β-amino-alcohol motifs (C(OH)–C–C–N with tert-alkyl or cyclic N) is 1. The van der Waals surface area contributed by atoms with Crippen LogP contribution in [0.2, 0.25) is 0 Å². The first-order valence-corrected chi connectivity index (χ1v) is 8.41. The molecule has 0 bridgehead atoms. The lowest BCUT2D eigenvalue weighted by atomic mass is 9.93. The molecule has 21 heavy (non-hydrogen) atoms. The van der Waals surface area contributed by atoms with Gasteiger partial charge in [-0.3, -0.25) is 9.69 Å². The predicted octanol–water partition coefficient (Wildman–Crippen LogP) is 0.290. The van der Waals surface area contributed by atoms with Crippen molar-refractivity contribution in [3.05, 3.63) is 0 Å². The molecule has 1 aliphatic carbocycles. The minimum atomic E-state index is -0.656. The molecule has 3 unspecified atom stereocenters. The Kier molecular flexibility index (Phi) is 4.26. The van der Waals surface area contributed by atoms with Gasteiger partial charge in [-0.1, -0.05) is 6.42 Å². The Morgan fingerprint density at radius 1 is 1.24 bits per heavy atom. The highest BCUT2D eigenvalue weighted by atomic mass is 16.3. The number of amides is 1. The highest BCUT2D eigenvalue weighted by Crippen LogP contribution is 2.38. The number of aliphatic hydroxyl groups is 1. The molecule has 1 saturated carbocycles. The summed E-state index contributed by atoms with van der Waals surface area (Å²) in [6, 6.07) is 0.0679. The van der Waals surface area contributed by atoms with Crippen molar-refractivity contribution in [2.75, 3.05) is 39.3 Å². The molecule has 2 saturated heterocycles. The minimum Gasteiger partial charge on any atom is -0.389 e. The van der Waals surface area contributed by atoms with Gasteiger partial charge in [-0.2, -0.15) is 0 Å². The molecule has 3 rings (SSSR count). The molecule has 2 aliphatic heterocycles. The van der Waals surface area contributed by atoms with Crippen LogP contribution in [0.15, 0.2) is 0 Å². The number of carbonyl (C=O) groups excluding carboxylic acids is 1. The first-order valence-electron chi connectivity index (χ1n) is 8.41. The fourth-order valence-electron chi connectivity index (χ4n) is 4.33. The largest absolute Gasteiger partial charge is 0.389 e. The van der Waals surface area contributed by atoms with Crippen molar-refractivity contribution >= 4 is 5.91 Å². The zero-order chi connectivity index (χ0) is 15.0. The van der Waals surface area contributed by atoms with Crippen molar-refractivity contribution in [1.82, 2.24) is 15.1 Å². The topological polar surface area (TPSA) is 55.8 Å². The molecule has 3 aliphatic rings. The van der Waals surface area contributed by atoms with E-state index in [1.54, 1.807) is 0 Å². The summed E-state index contributed by atoms with van der Waals surface area (Å²) in [6.07, 6.45) is 3.80. The van der Waals surface area contributed by atoms with Crippen LogP contribution in [0, 0.1) is 11.8 Å². The van der Waals surface area contributed by atoms with Crippen LogP contribution < -0.4 is 5.32 Å². The summed E-state index contributed by atoms with van der Waals surface area (Å²) in [5.41, 5.74) is -0.656. The van der Waals surface area contributed by atoms with Gasteiger partial charge in [-0.15, -0.1) is 0 Å². The molecule has 0 radical (unpaired) electrons. The molecular weight excluding hydrogens is 266 g/mol. The molecule has 3 atom stereocenters. The van der Waals surface area contributed by atoms with Gasteiger partial charge in [0.25, 0.3) is 0 Å². The Labute approximate surface area is 127 Å². The van der Waals surface area contributed by atoms with Gasteiger partial charge in [0.05, 0.1) is 11.6 Å². The summed E-state index contributed by atoms with van der Waals surface area (Å²) in [4.78, 5) is 17.0. The summed E-state index contributed by atoms with van der Waals surface area (Å²) in [5, 5.41) is 13.3. The Bertz CT molecular complexity index is 385. The second-order valence-electron chi connectivity index (χ2n) is 7.65. The van der Waals surface area contributed by atoms with Crippen LogP contribution in [-0.2, 0) is 4.79 Å². The van der Waals surface area contributed by atoms with E-state index in [1.807, 2.05) is 18.7 Å². The van der Waals surface area contributed by atoms with Gasteiger partial charge in [-0.05, 0) is 45.1 Å². The fraction of sp³-hybridized carbons (Fsp3) is 0.938. The molecule has 3 fully saturated rings. The maximum atomic E-state index is 12.7. The Morgan fingerprint density at radius 2 is 1.95 bits per heavy atom. The third kappa shape index (κ3) is 3.41. The van der Waals surface area contributed by atoms with Crippen molar-refractivity contribution in [1.29, 1.82) is 0 Å². The normalized spacial score (nSPS) is 34.2. The van der Waals surface area contributed by atoms with Crippen LogP contribution in [0.1, 0.15) is 33.1 Å². The molecule has 2 heterocycles. The van der Waals surface area contributed by atoms with Gasteiger partial charge < -0.3 is 15.3 Å². The molecule has 1 amide bonds. The van der Waals surface area contributed by atoms with Gasteiger partial charge in [0.1, 0.15) is 0 Å². The number of hydrogen-bond acceptors (Lipinski definition) is 4. The monoisotopic (exact) mass is 295 g/mol. The third-order valence-corrected chi connectivity index (χ3v) is 5.31. The summed E-state index contributed by atoms with van der Waals surface area (Å²) in [5.74, 6) is 1.62. The van der Waals surface area contributed by atoms with Gasteiger partial charge in [-0.25, -0.2) is 0 Å². The average molecular weight is 295 g/mol. The van der Waals surface area contributed by atoms with Gasteiger partial charge >= 0.3 is 0 Å². The van der Waals surface area contributed by atoms with E-state index in [2.05, 4.69) is 10.2 Å². The van der Waals surface area contributed by atoms with Crippen molar-refractivity contribution in [3.8, 4) is 0 Å². The lowest BCUT2D eigenvalue weighted by Gasteiger charge is -2.38. The number of nitrogens with one attached hydrogen (secondary N) is 1. The summed E-state index contributed by atoms with van der Waals surface area (Å²) >= 11 is 0. The Hall–Kier alpha value is -0.650. The summed E-state index contributed by atoms with van der Waals surface area (Å²) in [7, 11) is 0. The first kappa shape index (κ1) is 15.3. The molecule has 2 N–H and O–H groups in total. The van der Waals surface area contributed by atoms with Crippen molar-refractivity contribution in [3.63, 3.8) is 0 Å². The molecule has 0 aromatic heterocycles. The van der Waals surface area contributed by atoms with E-state index in [0.717, 1.165) is 38.6 Å². The molecule has 5 nitrogen and oxygen atoms in total. The van der Waals surface area contributed by atoms with E-state index in [1.165, 1.54) is 19.3 Å². The lowest BCUT2D eigenvalue weighted by molar-refractivity contribution is -0.136. The van der Waals surface area contributed by atoms with E-state index in [0.29, 0.717) is 18.4 Å². The van der Waals surface area contributed by atoms with Gasteiger partial charge in [0, 0.05) is 32.7 Å². The van der Waals surface area contributed by atoms with E-state index in [4.69, 9.17) is 0 Å². The molecule has 0 spiro atoms. The molecule has 5 heteroatoms. The zero-order valence-electron chi connectivity index (χ0n) is 13.3. The van der Waals surface area contributed by atoms with Crippen molar-refractivity contribution in [2.24, 2.45) is 11.8 Å². The van der Waals surface area contributed by atoms with E-state index in [9.17, 15) is 9.90 Å². The number of fused-ring (bicyclic) bond motifs is 1. The van der Waals surface area contributed by atoms with Crippen LogP contribution in [0.25, 0.3) is 0 Å². The number of carbonyl (C=O) groups is 1. The number of rotatable bonds is 3. The Balaban J connectivity index is 1.51. The van der Waals surface area contributed by atoms with Crippen molar-refractivity contribution in [2.45, 2.75) is 44.8 Å². The van der Waals surface area contributed by atoms with Crippen LogP contribution in [0.4, 0.5) is 0 Å². The van der Waals surface area contributed by atoms with Crippen LogP contribution >= 0.6 is 0 Å². The second kappa shape index (κ2) is 5.86. The molecular formula is C16H29N3O2. The van der Waals surface area contributed by atoms with E-state index >= 15 is 0 Å². The number of piperazine rings is 1. The molecule has 0 aromatic carbocycles. The third-order valence-electron chi connectivity index (χ3n) is 5.31. The molecule has 120 valence electrons. The zero-order valence-corrected chi connectivity index (χ0v) is 13.3. The smallest absolute Gasteiger partial charge is 0.240 e. The number of nitrogens with zero attached hydrogens (tertiary/aromatic N) is 2. The standard InChI is InChI=1S/C16H29N3O2/c1-16(2,21)11-18-6-8-19(9-7-18)15(20)14-13-5-3-4-12(13)10-17-14/h12-14,17,21H,3-11H2,1-2H3. The second-order valence-corrected chi connectivity index (χ2v) is 7.65. The lowest BCUT2D eigenvalue weighted by Crippen LogP contribution is -2.55. The molecule has 0 aromatic rings. The van der Waals surface area contributed by atoms with Gasteiger partial charge in [0.2, 0.25) is 5.91 Å². The van der Waals surface area contributed by atoms with E-state index in [-0.39, 0.29) is 6.04 Å². The average Bonchev–Trinajstić information content (AvgIpc) is 2.99. The SMILES string of the molecule is CC(C)(O)CN1CCN(C(=O)C2NCC3CCCC32)CC1. The highest BCUT2D eigenvalue weighted by molar-refractivity contribution is 5.83. The van der Waals surface area contributed by atoms with E-state index < -0.39 is 5.60 Å². The van der Waals surface area contributed by atoms with Crippen LogP contribution in [0.5, 0.6) is 0 Å². The number of hydrogen-bond donors (Lipinski definition) is 2. The highest BCUT2D eigenvalue weighted by Gasteiger charge is 2.44. The summed E-state index contributed by atoms with van der Waals surface area (Å²) in [6.45, 7) is 8.73.